The average Bonchev–Trinajstić information content (AvgIpc) is 3.24. The maximum Gasteiger partial charge on any atom is 0.348 e. The Hall–Kier alpha value is -3.39. The van der Waals surface area contributed by atoms with Gasteiger partial charge in [0.05, 0.1) is 25.5 Å². The molecule has 4 rings (SSSR count). The number of aromatic amines is 1. The quantitative estimate of drug-likeness (QED) is 0.573. The summed E-state index contributed by atoms with van der Waals surface area (Å²) in [5.41, 5.74) is 2.22. The molecule has 1 aliphatic rings. The lowest BCUT2D eigenvalue weighted by Crippen LogP contribution is -2.36. The molecule has 8 heteroatoms. The van der Waals surface area contributed by atoms with Crippen LogP contribution in [0.5, 0.6) is 5.75 Å². The number of carbonyl (C=O) groups is 1. The molecule has 1 aromatic heterocycles. The summed E-state index contributed by atoms with van der Waals surface area (Å²) in [7, 11) is 3.00. The first kappa shape index (κ1) is 21.8. The number of piperidine rings is 1. The molecule has 0 unspecified atom stereocenters. The molecule has 1 aliphatic heterocycles. The number of ether oxygens (including phenoxy) is 2. The fraction of sp³-hybridized carbons (Fsp3) is 0.375. The Labute approximate surface area is 186 Å². The Morgan fingerprint density at radius 3 is 2.56 bits per heavy atom. The van der Waals surface area contributed by atoms with Crippen LogP contribution >= 0.6 is 0 Å². The third-order valence-corrected chi connectivity index (χ3v) is 5.94. The molecule has 0 spiro atoms. The third-order valence-electron chi connectivity index (χ3n) is 5.94. The van der Waals surface area contributed by atoms with Gasteiger partial charge >= 0.3 is 11.7 Å². The molecule has 168 valence electrons. The van der Waals surface area contributed by atoms with E-state index in [4.69, 9.17) is 9.47 Å². The zero-order valence-corrected chi connectivity index (χ0v) is 18.4. The van der Waals surface area contributed by atoms with Crippen LogP contribution in [0.2, 0.25) is 0 Å². The molecule has 8 nitrogen and oxygen atoms in total. The first-order valence-corrected chi connectivity index (χ1v) is 10.8. The van der Waals surface area contributed by atoms with E-state index in [0.29, 0.717) is 11.3 Å². The average molecular weight is 437 g/mol. The number of nitrogens with zero attached hydrogens (tertiary/aromatic N) is 3. The van der Waals surface area contributed by atoms with Crippen LogP contribution in [0.3, 0.4) is 0 Å². The van der Waals surface area contributed by atoms with Gasteiger partial charge in [-0.15, -0.1) is 5.10 Å². The molecule has 32 heavy (non-hydrogen) atoms. The maximum atomic E-state index is 12.5. The Morgan fingerprint density at radius 2 is 1.88 bits per heavy atom. The predicted octanol–water partition coefficient (Wildman–Crippen LogP) is 2.78. The first-order chi connectivity index (χ1) is 15.6. The number of nitrogens with one attached hydrogen (secondary N) is 1. The van der Waals surface area contributed by atoms with Crippen molar-refractivity contribution in [2.45, 2.75) is 25.2 Å². The molecule has 2 aromatic carbocycles. The second kappa shape index (κ2) is 9.82. The highest BCUT2D eigenvalue weighted by Crippen LogP contribution is 2.24. The molecule has 0 saturated carbocycles. The van der Waals surface area contributed by atoms with Crippen molar-refractivity contribution in [3.63, 3.8) is 0 Å². The lowest BCUT2D eigenvalue weighted by Gasteiger charge is -2.31. The lowest BCUT2D eigenvalue weighted by atomic mass is 9.97. The second-order valence-electron chi connectivity index (χ2n) is 8.00. The minimum atomic E-state index is -0.321. The molecule has 2 heterocycles. The van der Waals surface area contributed by atoms with Gasteiger partial charge in [0.2, 0.25) is 0 Å². The smallest absolute Gasteiger partial charge is 0.348 e. The largest absolute Gasteiger partial charge is 0.497 e. The second-order valence-corrected chi connectivity index (χ2v) is 8.00. The first-order valence-electron chi connectivity index (χ1n) is 10.8. The van der Waals surface area contributed by atoms with Crippen molar-refractivity contribution in [1.29, 1.82) is 0 Å². The van der Waals surface area contributed by atoms with E-state index in [1.165, 1.54) is 17.4 Å². The number of rotatable bonds is 7. The zero-order valence-electron chi connectivity index (χ0n) is 18.4. The predicted molar refractivity (Wildman–Crippen MR) is 121 cm³/mol. The van der Waals surface area contributed by atoms with E-state index in [1.54, 1.807) is 19.2 Å². The van der Waals surface area contributed by atoms with Crippen LogP contribution in [0, 0.1) is 0 Å². The maximum absolute atomic E-state index is 12.5. The van der Waals surface area contributed by atoms with E-state index >= 15 is 0 Å². The van der Waals surface area contributed by atoms with Crippen molar-refractivity contribution in [2.75, 3.05) is 33.9 Å². The number of hydrogen-bond acceptors (Lipinski definition) is 6. The van der Waals surface area contributed by atoms with Crippen LogP contribution in [-0.4, -0.2) is 59.5 Å². The van der Waals surface area contributed by atoms with Gasteiger partial charge in [0.15, 0.2) is 0 Å². The Kier molecular flexibility index (Phi) is 6.70. The molecular weight excluding hydrogens is 408 g/mol. The molecule has 3 aromatic rings. The highest BCUT2D eigenvalue weighted by atomic mass is 16.5. The normalized spacial score (nSPS) is 16.6. The number of benzene rings is 2. The van der Waals surface area contributed by atoms with Crippen molar-refractivity contribution in [3.05, 3.63) is 76.0 Å². The summed E-state index contributed by atoms with van der Waals surface area (Å²) in [6, 6.07) is 14.8. The van der Waals surface area contributed by atoms with Gasteiger partial charge in [-0.1, -0.05) is 12.1 Å². The van der Waals surface area contributed by atoms with Crippen LogP contribution in [0.25, 0.3) is 5.69 Å². The summed E-state index contributed by atoms with van der Waals surface area (Å²) in [5.74, 6) is 1.34. The van der Waals surface area contributed by atoms with Gasteiger partial charge in [-0.25, -0.2) is 9.59 Å². The number of esters is 1. The van der Waals surface area contributed by atoms with Gasteiger partial charge in [0, 0.05) is 19.0 Å². The summed E-state index contributed by atoms with van der Waals surface area (Å²) < 4.78 is 11.3. The minimum Gasteiger partial charge on any atom is -0.497 e. The molecule has 0 aliphatic carbocycles. The number of aromatic nitrogens is 3. The Bertz CT molecular complexity index is 1100. The number of hydrogen-bond donors (Lipinski definition) is 1. The standard InChI is InChI=1S/C24H28N4O4/c1-31-21-11-9-20(10-12-21)28-24(30)25-22(26-28)19-4-3-14-27(16-19)15-13-17-5-7-18(8-6-17)23(29)32-2/h5-12,19H,3-4,13-16H2,1-2H3,(H,25,26,30)/t19-/m0/s1. The number of methoxy groups -OCH3 is 2. The fourth-order valence-electron chi connectivity index (χ4n) is 4.12. The van der Waals surface area contributed by atoms with E-state index in [0.717, 1.165) is 50.5 Å². The van der Waals surface area contributed by atoms with Crippen molar-refractivity contribution in [1.82, 2.24) is 19.7 Å². The third kappa shape index (κ3) is 4.91. The SMILES string of the molecule is COC(=O)c1ccc(CCN2CCC[C@H](c3nn(-c4ccc(OC)cc4)c(=O)[nH]3)C2)cc1. The Balaban J connectivity index is 1.38. The molecule has 1 saturated heterocycles. The fourth-order valence-corrected chi connectivity index (χ4v) is 4.12. The molecule has 0 amide bonds. The molecule has 1 N–H and O–H groups in total. The van der Waals surface area contributed by atoms with Crippen LogP contribution in [0.1, 0.15) is 40.5 Å². The highest BCUT2D eigenvalue weighted by molar-refractivity contribution is 5.89. The van der Waals surface area contributed by atoms with Gasteiger partial charge in [-0.2, -0.15) is 4.68 Å². The highest BCUT2D eigenvalue weighted by Gasteiger charge is 2.24. The molecule has 0 radical (unpaired) electrons. The molecule has 1 fully saturated rings. The summed E-state index contributed by atoms with van der Waals surface area (Å²) in [4.78, 5) is 29.4. The monoisotopic (exact) mass is 436 g/mol. The number of likely N-dealkylation sites (tertiary alicyclic amines) is 1. The van der Waals surface area contributed by atoms with Gasteiger partial charge in [-0.05, 0) is 67.8 Å². The summed E-state index contributed by atoms with van der Waals surface area (Å²) in [5, 5.41) is 4.58. The van der Waals surface area contributed by atoms with Gasteiger partial charge in [0.1, 0.15) is 11.6 Å². The minimum absolute atomic E-state index is 0.192. The van der Waals surface area contributed by atoms with Gasteiger partial charge in [-0.3, -0.25) is 4.98 Å². The van der Waals surface area contributed by atoms with Crippen molar-refractivity contribution in [2.24, 2.45) is 0 Å². The van der Waals surface area contributed by atoms with E-state index in [-0.39, 0.29) is 17.6 Å². The van der Waals surface area contributed by atoms with E-state index in [2.05, 4.69) is 15.0 Å². The molecule has 1 atom stereocenters. The lowest BCUT2D eigenvalue weighted by molar-refractivity contribution is 0.0600. The van der Waals surface area contributed by atoms with Crippen LogP contribution < -0.4 is 10.4 Å². The van der Waals surface area contributed by atoms with Crippen LogP contribution in [0.15, 0.2) is 53.3 Å². The van der Waals surface area contributed by atoms with E-state index in [1.807, 2.05) is 36.4 Å². The van der Waals surface area contributed by atoms with Crippen LogP contribution in [0.4, 0.5) is 0 Å². The summed E-state index contributed by atoms with van der Waals surface area (Å²) >= 11 is 0. The summed E-state index contributed by atoms with van der Waals surface area (Å²) in [6.07, 6.45) is 2.95. The number of carbonyl (C=O) groups excluding carboxylic acids is 1. The Morgan fingerprint density at radius 1 is 1.12 bits per heavy atom. The van der Waals surface area contributed by atoms with E-state index < -0.39 is 0 Å². The molecule has 0 bridgehead atoms. The van der Waals surface area contributed by atoms with Crippen molar-refractivity contribution in [3.8, 4) is 11.4 Å². The van der Waals surface area contributed by atoms with E-state index in [9.17, 15) is 9.59 Å². The molecular formula is C24H28N4O4. The van der Waals surface area contributed by atoms with Crippen LogP contribution in [-0.2, 0) is 11.2 Å². The van der Waals surface area contributed by atoms with Crippen molar-refractivity contribution < 1.29 is 14.3 Å². The van der Waals surface area contributed by atoms with Crippen molar-refractivity contribution >= 4 is 5.97 Å². The van der Waals surface area contributed by atoms with Gasteiger partial charge in [0.25, 0.3) is 0 Å². The topological polar surface area (TPSA) is 89.4 Å². The summed E-state index contributed by atoms with van der Waals surface area (Å²) in [6.45, 7) is 2.80. The zero-order chi connectivity index (χ0) is 22.5. The number of H-pyrrole nitrogens is 1. The van der Waals surface area contributed by atoms with Gasteiger partial charge < -0.3 is 14.4 Å².